The van der Waals surface area contributed by atoms with Crippen molar-refractivity contribution in [3.8, 4) is 12.0 Å². The van der Waals surface area contributed by atoms with Crippen LogP contribution in [0.1, 0.15) is 5.56 Å². The third kappa shape index (κ3) is 2.99. The van der Waals surface area contributed by atoms with Gasteiger partial charge in [0.25, 0.3) is 6.26 Å². The molecule has 0 bridgehead atoms. The van der Waals surface area contributed by atoms with E-state index in [1.807, 2.05) is 0 Å². The molecule has 0 amide bonds. The van der Waals surface area contributed by atoms with Gasteiger partial charge in [0.1, 0.15) is 5.75 Å². The number of phenols is 1. The highest BCUT2D eigenvalue weighted by molar-refractivity contribution is 5.87. The summed E-state index contributed by atoms with van der Waals surface area (Å²) in [5.41, 5.74) is 0.734. The number of rotatable bonds is 2. The number of ether oxygens (including phenoxy) is 1. The van der Waals surface area contributed by atoms with Crippen LogP contribution in [0.2, 0.25) is 0 Å². The summed E-state index contributed by atoms with van der Waals surface area (Å²) >= 11 is 0. The Bertz CT molecular complexity index is 387. The molecule has 0 radical (unpaired) electrons. The first kappa shape index (κ1) is 9.81. The van der Waals surface area contributed by atoms with Crippen LogP contribution in [-0.4, -0.2) is 11.1 Å². The zero-order valence-electron chi connectivity index (χ0n) is 7.18. The van der Waals surface area contributed by atoms with Crippen molar-refractivity contribution in [2.45, 2.75) is 0 Å². The van der Waals surface area contributed by atoms with E-state index in [1.54, 1.807) is 12.1 Å². The molecule has 0 saturated carbocycles. The van der Waals surface area contributed by atoms with Crippen molar-refractivity contribution in [3.05, 3.63) is 35.9 Å². The van der Waals surface area contributed by atoms with Crippen LogP contribution in [0.4, 0.5) is 0 Å². The van der Waals surface area contributed by atoms with Crippen LogP contribution in [0.25, 0.3) is 6.08 Å². The first-order valence-electron chi connectivity index (χ1n) is 3.79. The number of esters is 1. The van der Waals surface area contributed by atoms with Gasteiger partial charge in [0, 0.05) is 6.08 Å². The Balaban J connectivity index is 2.65. The van der Waals surface area contributed by atoms with Crippen molar-refractivity contribution in [2.75, 3.05) is 0 Å². The Morgan fingerprint density at radius 3 is 2.64 bits per heavy atom. The Morgan fingerprint density at radius 2 is 2.07 bits per heavy atom. The average Bonchev–Trinajstić information content (AvgIpc) is 2.17. The molecular weight excluding hydrogens is 182 g/mol. The Hall–Kier alpha value is -2.28. The standard InChI is InChI=1S/C10H7NO3/c11-7-14-10(13)6-3-8-1-4-9(12)5-2-8/h1-6,12H. The number of hydrogen-bond acceptors (Lipinski definition) is 4. The molecule has 0 aromatic heterocycles. The summed E-state index contributed by atoms with van der Waals surface area (Å²) in [5, 5.41) is 17.0. The molecule has 0 saturated heterocycles. The van der Waals surface area contributed by atoms with Crippen LogP contribution >= 0.6 is 0 Å². The molecule has 0 fully saturated rings. The molecule has 1 aromatic carbocycles. The molecule has 4 nitrogen and oxygen atoms in total. The quantitative estimate of drug-likeness (QED) is 0.434. The maximum Gasteiger partial charge on any atom is 0.346 e. The molecule has 4 heteroatoms. The molecule has 0 atom stereocenters. The molecule has 1 aromatic rings. The Kier molecular flexibility index (Phi) is 3.27. The molecule has 1 N–H and O–H groups in total. The first-order valence-corrected chi connectivity index (χ1v) is 3.79. The maximum atomic E-state index is 10.7. The molecule has 70 valence electrons. The zero-order chi connectivity index (χ0) is 10.4. The predicted octanol–water partition coefficient (Wildman–Crippen LogP) is 1.43. The summed E-state index contributed by atoms with van der Waals surface area (Å²) in [7, 11) is 0. The third-order valence-corrected chi connectivity index (χ3v) is 1.45. The molecule has 0 aliphatic carbocycles. The normalized spacial score (nSPS) is 9.64. The van der Waals surface area contributed by atoms with Crippen LogP contribution in [0.5, 0.6) is 5.75 Å². The molecule has 0 aliphatic heterocycles. The zero-order valence-corrected chi connectivity index (χ0v) is 7.18. The summed E-state index contributed by atoms with van der Waals surface area (Å²) < 4.78 is 4.02. The lowest BCUT2D eigenvalue weighted by Gasteiger charge is -1.92. The lowest BCUT2D eigenvalue weighted by Crippen LogP contribution is -1.92. The third-order valence-electron chi connectivity index (χ3n) is 1.45. The van der Waals surface area contributed by atoms with Gasteiger partial charge in [0.05, 0.1) is 0 Å². The van der Waals surface area contributed by atoms with E-state index >= 15 is 0 Å². The second kappa shape index (κ2) is 4.67. The van der Waals surface area contributed by atoms with Gasteiger partial charge in [-0.15, -0.1) is 5.26 Å². The summed E-state index contributed by atoms with van der Waals surface area (Å²) in [6.07, 6.45) is 3.89. The number of nitrogens with zero attached hydrogens (tertiary/aromatic N) is 1. The topological polar surface area (TPSA) is 70.3 Å². The molecule has 0 unspecified atom stereocenters. The van der Waals surface area contributed by atoms with Crippen molar-refractivity contribution in [3.63, 3.8) is 0 Å². The molecule has 1 rings (SSSR count). The number of benzene rings is 1. The van der Waals surface area contributed by atoms with Crippen molar-refractivity contribution in [1.29, 1.82) is 5.26 Å². The van der Waals surface area contributed by atoms with E-state index in [1.165, 1.54) is 24.5 Å². The number of hydrogen-bond donors (Lipinski definition) is 1. The van der Waals surface area contributed by atoms with Gasteiger partial charge in [-0.1, -0.05) is 12.1 Å². The van der Waals surface area contributed by atoms with Crippen molar-refractivity contribution >= 4 is 12.0 Å². The minimum absolute atomic E-state index is 0.154. The smallest absolute Gasteiger partial charge is 0.346 e. The fraction of sp³-hybridized carbons (Fsp3) is 0. The van der Waals surface area contributed by atoms with E-state index in [2.05, 4.69) is 4.74 Å². The highest BCUT2D eigenvalue weighted by Crippen LogP contribution is 2.10. The predicted molar refractivity (Wildman–Crippen MR) is 48.8 cm³/mol. The second-order valence-corrected chi connectivity index (χ2v) is 2.44. The minimum atomic E-state index is -0.722. The average molecular weight is 189 g/mol. The Morgan fingerprint density at radius 1 is 1.43 bits per heavy atom. The first-order chi connectivity index (χ1) is 6.72. The number of phenolic OH excluding ortho intramolecular Hbond substituents is 1. The molecule has 14 heavy (non-hydrogen) atoms. The van der Waals surface area contributed by atoms with Crippen molar-refractivity contribution in [2.24, 2.45) is 0 Å². The molecule has 0 spiro atoms. The highest BCUT2D eigenvalue weighted by atomic mass is 16.5. The monoisotopic (exact) mass is 189 g/mol. The summed E-state index contributed by atoms with van der Waals surface area (Å²) in [5.74, 6) is -0.567. The van der Waals surface area contributed by atoms with Gasteiger partial charge >= 0.3 is 5.97 Å². The van der Waals surface area contributed by atoms with E-state index in [0.29, 0.717) is 0 Å². The lowest BCUT2D eigenvalue weighted by atomic mass is 10.2. The number of nitriles is 1. The molecular formula is C10H7NO3. The van der Waals surface area contributed by atoms with E-state index in [0.717, 1.165) is 11.6 Å². The van der Waals surface area contributed by atoms with Crippen LogP contribution in [0.3, 0.4) is 0 Å². The van der Waals surface area contributed by atoms with E-state index < -0.39 is 5.97 Å². The number of aromatic hydroxyl groups is 1. The summed E-state index contributed by atoms with van der Waals surface area (Å²) in [6.45, 7) is 0. The summed E-state index contributed by atoms with van der Waals surface area (Å²) in [6, 6.07) is 6.25. The van der Waals surface area contributed by atoms with Gasteiger partial charge in [0.15, 0.2) is 0 Å². The number of carbonyl (C=O) groups is 1. The molecule has 0 heterocycles. The summed E-state index contributed by atoms with van der Waals surface area (Å²) in [4.78, 5) is 10.7. The largest absolute Gasteiger partial charge is 0.508 e. The van der Waals surface area contributed by atoms with Crippen molar-refractivity contribution < 1.29 is 14.6 Å². The van der Waals surface area contributed by atoms with Gasteiger partial charge in [0.2, 0.25) is 0 Å². The van der Waals surface area contributed by atoms with Crippen LogP contribution in [0, 0.1) is 11.5 Å². The van der Waals surface area contributed by atoms with E-state index in [9.17, 15) is 4.79 Å². The molecule has 0 aliphatic rings. The van der Waals surface area contributed by atoms with Gasteiger partial charge in [-0.25, -0.2) is 4.79 Å². The minimum Gasteiger partial charge on any atom is -0.508 e. The highest BCUT2D eigenvalue weighted by Gasteiger charge is 1.94. The SMILES string of the molecule is N#COC(=O)C=Cc1ccc(O)cc1. The van der Waals surface area contributed by atoms with Crippen molar-refractivity contribution in [1.82, 2.24) is 0 Å². The Labute approximate surface area is 80.7 Å². The second-order valence-electron chi connectivity index (χ2n) is 2.44. The fourth-order valence-corrected chi connectivity index (χ4v) is 0.829. The van der Waals surface area contributed by atoms with Gasteiger partial charge in [-0.2, -0.15) is 0 Å². The fourth-order valence-electron chi connectivity index (χ4n) is 0.829. The van der Waals surface area contributed by atoms with Gasteiger partial charge in [-0.3, -0.25) is 0 Å². The van der Waals surface area contributed by atoms with E-state index in [-0.39, 0.29) is 5.75 Å². The van der Waals surface area contributed by atoms with Gasteiger partial charge < -0.3 is 9.84 Å². The van der Waals surface area contributed by atoms with Crippen LogP contribution in [0.15, 0.2) is 30.3 Å². The lowest BCUT2D eigenvalue weighted by molar-refractivity contribution is -0.131. The maximum absolute atomic E-state index is 10.7. The van der Waals surface area contributed by atoms with Gasteiger partial charge in [-0.05, 0) is 23.8 Å². The van der Waals surface area contributed by atoms with E-state index in [4.69, 9.17) is 10.4 Å². The number of carbonyl (C=O) groups excluding carboxylic acids is 1. The van der Waals surface area contributed by atoms with Crippen LogP contribution in [-0.2, 0) is 9.53 Å². The van der Waals surface area contributed by atoms with Crippen LogP contribution < -0.4 is 0 Å².